The maximum absolute atomic E-state index is 13.5. The zero-order valence-corrected chi connectivity index (χ0v) is 20.4. The highest BCUT2D eigenvalue weighted by molar-refractivity contribution is 7.99. The molecule has 10 heteroatoms. The second kappa shape index (κ2) is 9.53. The van der Waals surface area contributed by atoms with Crippen molar-refractivity contribution in [2.75, 3.05) is 5.75 Å². The van der Waals surface area contributed by atoms with E-state index in [2.05, 4.69) is 20.8 Å². The van der Waals surface area contributed by atoms with Crippen LogP contribution in [0.4, 0.5) is 4.79 Å². The normalized spacial score (nSPS) is 14.0. The van der Waals surface area contributed by atoms with Crippen LogP contribution in [0.2, 0.25) is 0 Å². The van der Waals surface area contributed by atoms with Crippen molar-refractivity contribution in [1.82, 2.24) is 29.8 Å². The summed E-state index contributed by atoms with van der Waals surface area (Å²) in [5, 5.41) is 14.8. The number of hydrogen-bond donors (Lipinski definition) is 2. The summed E-state index contributed by atoms with van der Waals surface area (Å²) < 4.78 is 3.34. The molecular formula is C25H26N6O3S. The first-order chi connectivity index (χ1) is 16.9. The van der Waals surface area contributed by atoms with Crippen molar-refractivity contribution in [3.05, 3.63) is 63.9 Å². The Hall–Kier alpha value is -3.66. The molecule has 180 valence electrons. The third kappa shape index (κ3) is 4.53. The molecule has 5 rings (SSSR count). The molecule has 0 bridgehead atoms. The lowest BCUT2D eigenvalue weighted by Crippen LogP contribution is -2.44. The van der Waals surface area contributed by atoms with E-state index in [1.165, 1.54) is 0 Å². The molecule has 2 N–H and O–H groups in total. The number of nitrogens with zero attached hydrogens (tertiary/aromatic N) is 4. The van der Waals surface area contributed by atoms with E-state index in [0.29, 0.717) is 21.8 Å². The highest BCUT2D eigenvalue weighted by Crippen LogP contribution is 2.24. The Kier molecular flexibility index (Phi) is 6.29. The molecule has 9 nitrogen and oxygen atoms in total. The van der Waals surface area contributed by atoms with E-state index in [1.54, 1.807) is 15.0 Å². The molecule has 4 aromatic rings. The molecule has 1 aliphatic rings. The van der Waals surface area contributed by atoms with Crippen LogP contribution in [0.15, 0.2) is 52.4 Å². The van der Waals surface area contributed by atoms with Crippen molar-refractivity contribution < 1.29 is 9.59 Å². The molecule has 2 heterocycles. The van der Waals surface area contributed by atoms with Crippen LogP contribution in [0.3, 0.4) is 0 Å². The highest BCUT2D eigenvalue weighted by atomic mass is 32.2. The summed E-state index contributed by atoms with van der Waals surface area (Å²) in [4.78, 5) is 38.1. The minimum Gasteiger partial charge on any atom is -0.335 e. The number of carbonyl (C=O) groups is 2. The Labute approximate surface area is 205 Å². The van der Waals surface area contributed by atoms with Crippen molar-refractivity contribution in [2.24, 2.45) is 0 Å². The number of imide groups is 1. The zero-order chi connectivity index (χ0) is 24.5. The first-order valence-electron chi connectivity index (χ1n) is 11.6. The second-order valence-electron chi connectivity index (χ2n) is 8.86. The summed E-state index contributed by atoms with van der Waals surface area (Å²) in [7, 11) is 0. The summed E-state index contributed by atoms with van der Waals surface area (Å²) in [6.45, 7) is 3.95. The van der Waals surface area contributed by atoms with Crippen LogP contribution in [0, 0.1) is 13.8 Å². The van der Waals surface area contributed by atoms with E-state index in [0.717, 1.165) is 54.3 Å². The first kappa shape index (κ1) is 23.1. The van der Waals surface area contributed by atoms with Gasteiger partial charge in [0.2, 0.25) is 11.7 Å². The van der Waals surface area contributed by atoms with Crippen LogP contribution < -0.4 is 16.2 Å². The number of rotatable bonds is 5. The number of benzene rings is 2. The standard InChI is InChI=1S/C25H26N6O3S/c1-15-11-12-19(16(2)13-15)30-22(33)18-9-5-6-10-20(18)31-24(30)28-29-25(31)35-14-21(32)27-23(34)26-17-7-3-4-8-17/h5-6,9-13,17H,3-4,7-8,14H2,1-2H3,(H2,26,27,32,34). The van der Waals surface area contributed by atoms with E-state index in [-0.39, 0.29) is 17.4 Å². The molecule has 35 heavy (non-hydrogen) atoms. The van der Waals surface area contributed by atoms with Gasteiger partial charge in [0.05, 0.1) is 22.3 Å². The lowest BCUT2D eigenvalue weighted by Gasteiger charge is -2.14. The van der Waals surface area contributed by atoms with E-state index in [4.69, 9.17) is 0 Å². The van der Waals surface area contributed by atoms with Gasteiger partial charge in [-0.05, 0) is 50.5 Å². The monoisotopic (exact) mass is 490 g/mol. The molecule has 2 aromatic carbocycles. The highest BCUT2D eigenvalue weighted by Gasteiger charge is 2.21. The van der Waals surface area contributed by atoms with Gasteiger partial charge in [-0.3, -0.25) is 19.3 Å². The topological polar surface area (TPSA) is 110 Å². The number of para-hydroxylation sites is 1. The summed E-state index contributed by atoms with van der Waals surface area (Å²) in [6.07, 6.45) is 4.07. The number of thioether (sulfide) groups is 1. The van der Waals surface area contributed by atoms with Crippen molar-refractivity contribution in [3.63, 3.8) is 0 Å². The number of carbonyl (C=O) groups excluding carboxylic acids is 2. The van der Waals surface area contributed by atoms with Gasteiger partial charge in [-0.1, -0.05) is 54.4 Å². The maximum Gasteiger partial charge on any atom is 0.321 e. The fourth-order valence-corrected chi connectivity index (χ4v) is 5.37. The Bertz CT molecular complexity index is 1500. The Balaban J connectivity index is 1.47. The van der Waals surface area contributed by atoms with E-state index in [9.17, 15) is 14.4 Å². The molecule has 2 aromatic heterocycles. The SMILES string of the molecule is Cc1ccc(-n2c(=O)c3ccccc3n3c(SCC(=O)NC(=O)NC4CCCC4)nnc23)c(C)c1. The van der Waals surface area contributed by atoms with Crippen molar-refractivity contribution in [1.29, 1.82) is 0 Å². The molecule has 0 radical (unpaired) electrons. The average molecular weight is 491 g/mol. The largest absolute Gasteiger partial charge is 0.335 e. The van der Waals surface area contributed by atoms with Gasteiger partial charge in [0, 0.05) is 6.04 Å². The van der Waals surface area contributed by atoms with Crippen molar-refractivity contribution in [2.45, 2.75) is 50.7 Å². The minimum absolute atomic E-state index is 0.0180. The smallest absolute Gasteiger partial charge is 0.321 e. The predicted molar refractivity (Wildman–Crippen MR) is 135 cm³/mol. The second-order valence-corrected chi connectivity index (χ2v) is 9.80. The number of nitrogens with one attached hydrogen (secondary N) is 2. The molecule has 3 amide bonds. The third-order valence-electron chi connectivity index (χ3n) is 6.26. The summed E-state index contributed by atoms with van der Waals surface area (Å²) >= 11 is 1.16. The van der Waals surface area contributed by atoms with Crippen LogP contribution in [0.5, 0.6) is 0 Å². The van der Waals surface area contributed by atoms with Gasteiger partial charge >= 0.3 is 6.03 Å². The maximum atomic E-state index is 13.5. The molecule has 0 unspecified atom stereocenters. The predicted octanol–water partition coefficient (Wildman–Crippen LogP) is 3.51. The van der Waals surface area contributed by atoms with E-state index < -0.39 is 11.9 Å². The van der Waals surface area contributed by atoms with Crippen LogP contribution in [-0.2, 0) is 4.79 Å². The van der Waals surface area contributed by atoms with Crippen LogP contribution in [0.25, 0.3) is 22.4 Å². The Morgan fingerprint density at radius 2 is 1.86 bits per heavy atom. The fraction of sp³-hybridized carbons (Fsp3) is 0.320. The quantitative estimate of drug-likeness (QED) is 0.414. The summed E-state index contributed by atoms with van der Waals surface area (Å²) in [5.74, 6) is -0.0765. The number of aromatic nitrogens is 4. The minimum atomic E-state index is -0.470. The number of urea groups is 1. The molecule has 0 atom stereocenters. The number of amides is 3. The molecule has 1 saturated carbocycles. The number of fused-ring (bicyclic) bond motifs is 3. The van der Waals surface area contributed by atoms with Gasteiger partial charge in [-0.25, -0.2) is 9.36 Å². The van der Waals surface area contributed by atoms with Crippen LogP contribution >= 0.6 is 11.8 Å². The number of hydrogen-bond acceptors (Lipinski definition) is 6. The van der Waals surface area contributed by atoms with Gasteiger partial charge in [0.1, 0.15) is 0 Å². The van der Waals surface area contributed by atoms with Gasteiger partial charge in [-0.15, -0.1) is 10.2 Å². The van der Waals surface area contributed by atoms with E-state index in [1.807, 2.05) is 50.2 Å². The fourth-order valence-electron chi connectivity index (χ4n) is 4.63. The van der Waals surface area contributed by atoms with Crippen molar-refractivity contribution >= 4 is 40.4 Å². The van der Waals surface area contributed by atoms with Gasteiger partial charge < -0.3 is 5.32 Å². The average Bonchev–Trinajstić information content (AvgIpc) is 3.49. The molecule has 0 saturated heterocycles. The number of aryl methyl sites for hydroxylation is 2. The van der Waals surface area contributed by atoms with Gasteiger partial charge in [0.25, 0.3) is 5.56 Å². The third-order valence-corrected chi connectivity index (χ3v) is 7.19. The van der Waals surface area contributed by atoms with Crippen molar-refractivity contribution in [3.8, 4) is 5.69 Å². The first-order valence-corrected chi connectivity index (χ1v) is 12.6. The Morgan fingerprint density at radius 1 is 1.09 bits per heavy atom. The van der Waals surface area contributed by atoms with Crippen LogP contribution in [0.1, 0.15) is 36.8 Å². The lowest BCUT2D eigenvalue weighted by atomic mass is 10.1. The van der Waals surface area contributed by atoms with E-state index >= 15 is 0 Å². The zero-order valence-electron chi connectivity index (χ0n) is 19.6. The van der Waals surface area contributed by atoms with Crippen LogP contribution in [-0.4, -0.2) is 42.9 Å². The van der Waals surface area contributed by atoms with Gasteiger partial charge in [0.15, 0.2) is 5.16 Å². The lowest BCUT2D eigenvalue weighted by molar-refractivity contribution is -0.117. The molecule has 1 fully saturated rings. The summed E-state index contributed by atoms with van der Waals surface area (Å²) in [6, 6.07) is 12.8. The molecule has 0 spiro atoms. The Morgan fingerprint density at radius 3 is 2.63 bits per heavy atom. The van der Waals surface area contributed by atoms with Gasteiger partial charge in [-0.2, -0.15) is 0 Å². The summed E-state index contributed by atoms with van der Waals surface area (Å²) in [5.41, 5.74) is 3.22. The molecular weight excluding hydrogens is 464 g/mol. The molecule has 0 aliphatic heterocycles. The molecule has 1 aliphatic carbocycles.